The zero-order chi connectivity index (χ0) is 28.0. The number of carbonyl (C=O) groups excluding carboxylic acids is 2. The average Bonchev–Trinajstić information content (AvgIpc) is 3.46. The second-order valence-corrected chi connectivity index (χ2v) is 12.0. The number of carbonyl (C=O) groups is 2. The van der Waals surface area contributed by atoms with Gasteiger partial charge in [0.25, 0.3) is 0 Å². The normalized spacial score (nSPS) is 19.9. The Balaban J connectivity index is 0.000000276. The summed E-state index contributed by atoms with van der Waals surface area (Å²) in [4.78, 5) is 32.5. The minimum Gasteiger partial charge on any atom is -0.504 e. The summed E-state index contributed by atoms with van der Waals surface area (Å²) >= 11 is 5.32. The molecule has 0 radical (unpaired) electrons. The number of fused-ring (bicyclic) bond motifs is 1. The third kappa shape index (κ3) is 5.08. The number of benzene rings is 2. The fourth-order valence-electron chi connectivity index (χ4n) is 6.67. The summed E-state index contributed by atoms with van der Waals surface area (Å²) in [6, 6.07) is 10.2. The molecule has 3 heterocycles. The number of para-hydroxylation sites is 1. The number of aromatic nitrogens is 2. The standard InChI is InChI=1S/C24H29N5O2.C6H4ClFO/c1-27-21(29-8-5-20(30)26-23(29)31)12-25-22(27)17-3-4-18-14-28(15-19(18)9-17)13-16-10-24(11-16)6-2-7-24;7-4-2-1-3-5(8)6(4)9/h3-4,9,12,16H,2,5-8,10-11,13-15H2,1H3,(H,26,30,31);1-3,9H. The number of imide groups is 1. The first-order valence-electron chi connectivity index (χ1n) is 13.8. The van der Waals surface area contributed by atoms with Crippen LogP contribution in [0.4, 0.5) is 15.0 Å². The van der Waals surface area contributed by atoms with E-state index in [-0.39, 0.29) is 17.0 Å². The summed E-state index contributed by atoms with van der Waals surface area (Å²) in [6.45, 7) is 3.67. The van der Waals surface area contributed by atoms with Crippen LogP contribution in [0.2, 0.25) is 5.02 Å². The van der Waals surface area contributed by atoms with Crippen molar-refractivity contribution in [3.8, 4) is 17.1 Å². The molecule has 0 bridgehead atoms. The highest BCUT2D eigenvalue weighted by Gasteiger charge is 2.48. The van der Waals surface area contributed by atoms with E-state index in [9.17, 15) is 14.0 Å². The van der Waals surface area contributed by atoms with E-state index in [0.29, 0.717) is 18.8 Å². The van der Waals surface area contributed by atoms with Crippen LogP contribution in [0, 0.1) is 17.2 Å². The molecule has 2 saturated carbocycles. The molecule has 1 saturated heterocycles. The van der Waals surface area contributed by atoms with Crippen molar-refractivity contribution in [3.63, 3.8) is 0 Å². The van der Waals surface area contributed by atoms with E-state index in [1.807, 2.05) is 11.6 Å². The first kappa shape index (κ1) is 26.8. The number of hydrogen-bond donors (Lipinski definition) is 2. The van der Waals surface area contributed by atoms with Crippen molar-refractivity contribution in [3.05, 3.63) is 64.6 Å². The largest absolute Gasteiger partial charge is 0.504 e. The minimum absolute atomic E-state index is 0.0370. The molecule has 3 fully saturated rings. The molecule has 7 rings (SSSR count). The first-order valence-corrected chi connectivity index (χ1v) is 14.2. The molecule has 2 aliphatic heterocycles. The van der Waals surface area contributed by atoms with Crippen LogP contribution >= 0.6 is 11.6 Å². The number of anilines is 1. The van der Waals surface area contributed by atoms with Crippen molar-refractivity contribution >= 4 is 29.4 Å². The van der Waals surface area contributed by atoms with Gasteiger partial charge in [-0.05, 0) is 66.3 Å². The van der Waals surface area contributed by atoms with E-state index >= 15 is 0 Å². The van der Waals surface area contributed by atoms with Gasteiger partial charge in [-0.1, -0.05) is 36.2 Å². The molecule has 2 aromatic carbocycles. The van der Waals surface area contributed by atoms with Gasteiger partial charge in [-0.15, -0.1) is 0 Å². The number of halogens is 2. The van der Waals surface area contributed by atoms with E-state index in [2.05, 4.69) is 33.4 Å². The molecule has 2 N–H and O–H groups in total. The number of nitrogens with zero attached hydrogens (tertiary/aromatic N) is 4. The number of rotatable bonds is 4. The van der Waals surface area contributed by atoms with Gasteiger partial charge >= 0.3 is 6.03 Å². The monoisotopic (exact) mass is 565 g/mol. The van der Waals surface area contributed by atoms with E-state index < -0.39 is 11.6 Å². The Morgan fingerprint density at radius 3 is 2.60 bits per heavy atom. The van der Waals surface area contributed by atoms with Crippen molar-refractivity contribution in [1.29, 1.82) is 0 Å². The second kappa shape index (κ2) is 10.5. The molecule has 2 aliphatic carbocycles. The van der Waals surface area contributed by atoms with Gasteiger partial charge in [-0.3, -0.25) is 19.9 Å². The highest BCUT2D eigenvalue weighted by atomic mass is 35.5. The Hall–Kier alpha value is -3.43. The molecular weight excluding hydrogens is 533 g/mol. The maximum Gasteiger partial charge on any atom is 0.329 e. The van der Waals surface area contributed by atoms with Gasteiger partial charge < -0.3 is 9.67 Å². The zero-order valence-corrected chi connectivity index (χ0v) is 23.3. The van der Waals surface area contributed by atoms with Crippen LogP contribution in [0.15, 0.2) is 42.6 Å². The van der Waals surface area contributed by atoms with Gasteiger partial charge in [-0.2, -0.15) is 0 Å². The Labute approximate surface area is 237 Å². The molecule has 8 nitrogen and oxygen atoms in total. The molecule has 210 valence electrons. The van der Waals surface area contributed by atoms with Gasteiger partial charge in [0, 0.05) is 45.2 Å². The number of phenols is 1. The van der Waals surface area contributed by atoms with Crippen molar-refractivity contribution in [2.24, 2.45) is 18.4 Å². The Kier molecular flexibility index (Phi) is 7.04. The van der Waals surface area contributed by atoms with Crippen LogP contribution in [0.3, 0.4) is 0 Å². The molecule has 0 atom stereocenters. The van der Waals surface area contributed by atoms with E-state index in [4.69, 9.17) is 16.7 Å². The van der Waals surface area contributed by atoms with E-state index in [0.717, 1.165) is 41.9 Å². The number of phenolic OH excluding ortho intramolecular Hbond substituents is 1. The number of urea groups is 1. The van der Waals surface area contributed by atoms with Crippen LogP contribution in [-0.2, 0) is 24.9 Å². The predicted octanol–water partition coefficient (Wildman–Crippen LogP) is 5.61. The molecule has 3 amide bonds. The number of hydrogen-bond acceptors (Lipinski definition) is 5. The Morgan fingerprint density at radius 1 is 1.15 bits per heavy atom. The van der Waals surface area contributed by atoms with Gasteiger partial charge in [0.05, 0.1) is 11.2 Å². The zero-order valence-electron chi connectivity index (χ0n) is 22.5. The van der Waals surface area contributed by atoms with Gasteiger partial charge in [0.15, 0.2) is 11.6 Å². The topological polar surface area (TPSA) is 90.7 Å². The lowest BCUT2D eigenvalue weighted by atomic mass is 9.52. The molecule has 1 spiro atoms. The lowest BCUT2D eigenvalue weighted by Crippen LogP contribution is -2.50. The Morgan fingerprint density at radius 2 is 1.93 bits per heavy atom. The van der Waals surface area contributed by atoms with Gasteiger partial charge in [-0.25, -0.2) is 14.2 Å². The van der Waals surface area contributed by atoms with E-state index in [1.54, 1.807) is 11.1 Å². The lowest BCUT2D eigenvalue weighted by molar-refractivity contribution is -0.120. The fraction of sp³-hybridized carbons (Fsp3) is 0.433. The van der Waals surface area contributed by atoms with Crippen molar-refractivity contribution in [2.75, 3.05) is 18.0 Å². The number of nitrogens with one attached hydrogen (secondary N) is 1. The van der Waals surface area contributed by atoms with Gasteiger partial charge in [0.2, 0.25) is 5.91 Å². The van der Waals surface area contributed by atoms with Crippen molar-refractivity contribution in [2.45, 2.75) is 51.6 Å². The van der Waals surface area contributed by atoms with Crippen LogP contribution in [0.5, 0.6) is 5.75 Å². The van der Waals surface area contributed by atoms with E-state index in [1.165, 1.54) is 61.9 Å². The maximum absolute atomic E-state index is 12.2. The number of amides is 3. The van der Waals surface area contributed by atoms with Crippen LogP contribution in [0.25, 0.3) is 11.4 Å². The Bertz CT molecular complexity index is 1440. The smallest absolute Gasteiger partial charge is 0.329 e. The van der Waals surface area contributed by atoms with Crippen molar-refractivity contribution in [1.82, 2.24) is 19.8 Å². The molecule has 3 aromatic rings. The average molecular weight is 566 g/mol. The summed E-state index contributed by atoms with van der Waals surface area (Å²) in [7, 11) is 1.92. The third-order valence-electron chi connectivity index (χ3n) is 8.86. The lowest BCUT2D eigenvalue weighted by Gasteiger charge is -2.55. The molecule has 40 heavy (non-hydrogen) atoms. The fourth-order valence-corrected chi connectivity index (χ4v) is 6.83. The quantitative estimate of drug-likeness (QED) is 0.429. The van der Waals surface area contributed by atoms with Crippen LogP contribution in [-0.4, -0.2) is 44.6 Å². The molecule has 4 aliphatic rings. The number of imidazole rings is 1. The van der Waals surface area contributed by atoms with Crippen LogP contribution < -0.4 is 10.2 Å². The predicted molar refractivity (Wildman–Crippen MR) is 150 cm³/mol. The second-order valence-electron chi connectivity index (χ2n) is 11.6. The summed E-state index contributed by atoms with van der Waals surface area (Å²) in [5, 5.41) is 11.1. The first-order chi connectivity index (χ1) is 19.2. The summed E-state index contributed by atoms with van der Waals surface area (Å²) in [5.41, 5.74) is 4.63. The molecule has 1 aromatic heterocycles. The third-order valence-corrected chi connectivity index (χ3v) is 9.16. The summed E-state index contributed by atoms with van der Waals surface area (Å²) in [5.74, 6) is 1.02. The van der Waals surface area contributed by atoms with Gasteiger partial charge in [0.1, 0.15) is 11.6 Å². The maximum atomic E-state index is 12.2. The van der Waals surface area contributed by atoms with Crippen molar-refractivity contribution < 1.29 is 19.1 Å². The molecule has 10 heteroatoms. The highest BCUT2D eigenvalue weighted by Crippen LogP contribution is 2.58. The minimum atomic E-state index is -0.692. The molecular formula is C30H33ClFN5O3. The highest BCUT2D eigenvalue weighted by molar-refractivity contribution is 6.32. The summed E-state index contributed by atoms with van der Waals surface area (Å²) < 4.78 is 14.2. The summed E-state index contributed by atoms with van der Waals surface area (Å²) in [6.07, 6.45) is 9.29. The molecule has 0 unspecified atom stereocenters. The SMILES string of the molecule is Cn1c(N2CCC(=O)NC2=O)cnc1-c1ccc2c(c1)CN(CC1CC3(CCC3)C1)C2.Oc1c(F)cccc1Cl. The van der Waals surface area contributed by atoms with Crippen LogP contribution in [0.1, 0.15) is 49.7 Å². The number of aromatic hydroxyl groups is 1.